The zero-order chi connectivity index (χ0) is 22.4. The van der Waals surface area contributed by atoms with E-state index in [-0.39, 0.29) is 5.56 Å². The minimum Gasteiger partial charge on any atom is -0.330 e. The van der Waals surface area contributed by atoms with Gasteiger partial charge in [0.2, 0.25) is 0 Å². The van der Waals surface area contributed by atoms with Crippen LogP contribution in [0.1, 0.15) is 12.0 Å². The number of aryl methyl sites for hydroxylation is 1. The van der Waals surface area contributed by atoms with Gasteiger partial charge in [-0.3, -0.25) is 15.0 Å². The molecule has 0 aliphatic heterocycles. The summed E-state index contributed by atoms with van der Waals surface area (Å²) in [6.07, 6.45) is 9.00. The van der Waals surface area contributed by atoms with Crippen LogP contribution in [-0.4, -0.2) is 31.9 Å². The molecular weight excluding hydrogens is 412 g/mol. The van der Waals surface area contributed by atoms with Crippen molar-refractivity contribution in [1.29, 1.82) is 0 Å². The molecule has 0 amide bonds. The van der Waals surface area contributed by atoms with Crippen molar-refractivity contribution in [3.8, 4) is 22.3 Å². The molecule has 0 radical (unpaired) electrons. The number of aromatic nitrogens is 5. The summed E-state index contributed by atoms with van der Waals surface area (Å²) in [7, 11) is 0. The minimum atomic E-state index is -0.0992. The Labute approximate surface area is 188 Å². The van der Waals surface area contributed by atoms with Crippen LogP contribution in [0.5, 0.6) is 0 Å². The summed E-state index contributed by atoms with van der Waals surface area (Å²) < 4.78 is 0. The van der Waals surface area contributed by atoms with Gasteiger partial charge in [0.1, 0.15) is 0 Å². The molecule has 6 aromatic rings. The molecule has 33 heavy (non-hydrogen) atoms. The number of pyridine rings is 1. The third kappa shape index (κ3) is 3.21. The molecule has 5 N–H and O–H groups in total. The number of benzene rings is 3. The molecule has 0 unspecified atom stereocenters. The second-order valence-corrected chi connectivity index (χ2v) is 8.30. The summed E-state index contributed by atoms with van der Waals surface area (Å²) in [6.45, 7) is 0.617. The smallest absolute Gasteiger partial charge is 0.256 e. The Bertz CT molecular complexity index is 1680. The number of hydrogen-bond donors (Lipinski definition) is 4. The van der Waals surface area contributed by atoms with Crippen LogP contribution < -0.4 is 11.3 Å². The van der Waals surface area contributed by atoms with E-state index in [0.29, 0.717) is 11.9 Å². The highest BCUT2D eigenvalue weighted by atomic mass is 16.1. The fourth-order valence-corrected chi connectivity index (χ4v) is 4.68. The predicted octanol–water partition coefficient (Wildman–Crippen LogP) is 4.51. The first-order valence-electron chi connectivity index (χ1n) is 11.0. The van der Waals surface area contributed by atoms with Gasteiger partial charge in [-0.1, -0.05) is 18.2 Å². The number of rotatable bonds is 5. The quantitative estimate of drug-likeness (QED) is 0.299. The predicted molar refractivity (Wildman–Crippen MR) is 132 cm³/mol. The summed E-state index contributed by atoms with van der Waals surface area (Å²) >= 11 is 0. The lowest BCUT2D eigenvalue weighted by molar-refractivity contribution is 0.838. The number of hydrogen-bond acceptors (Lipinski definition) is 4. The van der Waals surface area contributed by atoms with Crippen molar-refractivity contribution in [1.82, 2.24) is 25.4 Å². The summed E-state index contributed by atoms with van der Waals surface area (Å²) in [5.74, 6) is 0. The van der Waals surface area contributed by atoms with Crippen molar-refractivity contribution >= 4 is 32.4 Å². The fourth-order valence-electron chi connectivity index (χ4n) is 4.68. The zero-order valence-electron chi connectivity index (χ0n) is 17.9. The molecule has 0 spiro atoms. The Morgan fingerprint density at radius 3 is 2.61 bits per heavy atom. The SMILES string of the molecule is NCCCc1cc2c(-c3ccc4[nH]ncc4c3)c[nH]c(=O)c2c2cc(-c3cn[nH]c3)ccc12. The molecule has 0 atom stereocenters. The van der Waals surface area contributed by atoms with Gasteiger partial charge >= 0.3 is 0 Å². The number of nitrogens with two attached hydrogens (primary N) is 1. The Morgan fingerprint density at radius 1 is 0.848 bits per heavy atom. The van der Waals surface area contributed by atoms with Gasteiger partial charge < -0.3 is 10.7 Å². The van der Waals surface area contributed by atoms with E-state index in [1.807, 2.05) is 24.7 Å². The molecule has 0 fully saturated rings. The standard InChI is InChI=1S/C26H22N6O/c27-7-1-2-16-10-22-23(17-4-6-24-18(8-17)11-31-32-24)14-28-26(33)25(22)21-9-15(3-5-20(16)21)19-12-29-30-13-19/h3-6,8-14H,1-2,7,27H2,(H,28,33)(H,29,30)(H,31,32). The van der Waals surface area contributed by atoms with E-state index in [4.69, 9.17) is 5.73 Å². The maximum Gasteiger partial charge on any atom is 0.256 e. The van der Waals surface area contributed by atoms with Crippen molar-refractivity contribution in [2.75, 3.05) is 6.54 Å². The molecule has 0 aliphatic carbocycles. The monoisotopic (exact) mass is 434 g/mol. The van der Waals surface area contributed by atoms with E-state index in [2.05, 4.69) is 61.8 Å². The maximum atomic E-state index is 13.2. The van der Waals surface area contributed by atoms with E-state index < -0.39 is 0 Å². The highest BCUT2D eigenvalue weighted by Crippen LogP contribution is 2.36. The van der Waals surface area contributed by atoms with E-state index in [0.717, 1.165) is 62.2 Å². The highest BCUT2D eigenvalue weighted by Gasteiger charge is 2.15. The maximum absolute atomic E-state index is 13.2. The molecule has 7 heteroatoms. The fraction of sp³-hybridized carbons (Fsp3) is 0.115. The Morgan fingerprint density at radius 2 is 1.76 bits per heavy atom. The second-order valence-electron chi connectivity index (χ2n) is 8.30. The van der Waals surface area contributed by atoms with Crippen molar-refractivity contribution < 1.29 is 0 Å². The van der Waals surface area contributed by atoms with Gasteiger partial charge in [-0.2, -0.15) is 10.2 Å². The summed E-state index contributed by atoms with van der Waals surface area (Å²) in [5.41, 5.74) is 11.9. The number of aromatic amines is 3. The first-order valence-corrected chi connectivity index (χ1v) is 11.0. The minimum absolute atomic E-state index is 0.0992. The van der Waals surface area contributed by atoms with Crippen LogP contribution in [0.25, 0.3) is 54.7 Å². The van der Waals surface area contributed by atoms with E-state index in [1.54, 1.807) is 6.20 Å². The Balaban J connectivity index is 1.69. The first kappa shape index (κ1) is 19.5. The Hall–Kier alpha value is -4.23. The summed E-state index contributed by atoms with van der Waals surface area (Å²) in [4.78, 5) is 16.1. The van der Waals surface area contributed by atoms with Gasteiger partial charge in [0.15, 0.2) is 0 Å². The third-order valence-corrected chi connectivity index (χ3v) is 6.32. The van der Waals surface area contributed by atoms with Crippen LogP contribution in [0.3, 0.4) is 0 Å². The van der Waals surface area contributed by atoms with Crippen molar-refractivity contribution in [3.05, 3.63) is 83.2 Å². The first-order chi connectivity index (χ1) is 16.2. The van der Waals surface area contributed by atoms with Gasteiger partial charge in [0.25, 0.3) is 5.56 Å². The average molecular weight is 435 g/mol. The van der Waals surface area contributed by atoms with Crippen molar-refractivity contribution in [3.63, 3.8) is 0 Å². The second kappa shape index (κ2) is 7.72. The average Bonchev–Trinajstić information content (AvgIpc) is 3.54. The molecule has 3 heterocycles. The van der Waals surface area contributed by atoms with Crippen LogP contribution in [0, 0.1) is 0 Å². The lowest BCUT2D eigenvalue weighted by Crippen LogP contribution is -2.08. The van der Waals surface area contributed by atoms with Crippen molar-refractivity contribution in [2.45, 2.75) is 12.8 Å². The largest absolute Gasteiger partial charge is 0.330 e. The van der Waals surface area contributed by atoms with Crippen LogP contribution in [-0.2, 0) is 6.42 Å². The number of nitrogens with one attached hydrogen (secondary N) is 3. The lowest BCUT2D eigenvalue weighted by atomic mass is 9.90. The molecule has 3 aromatic carbocycles. The van der Waals surface area contributed by atoms with Gasteiger partial charge in [-0.15, -0.1) is 0 Å². The topological polar surface area (TPSA) is 116 Å². The number of nitrogens with zero attached hydrogens (tertiary/aromatic N) is 2. The molecule has 162 valence electrons. The van der Waals surface area contributed by atoms with Crippen LogP contribution in [0.2, 0.25) is 0 Å². The highest BCUT2D eigenvalue weighted by molar-refractivity contribution is 6.14. The van der Waals surface area contributed by atoms with Crippen molar-refractivity contribution in [2.24, 2.45) is 5.73 Å². The van der Waals surface area contributed by atoms with Gasteiger partial charge in [-0.05, 0) is 76.5 Å². The lowest BCUT2D eigenvalue weighted by Gasteiger charge is -2.14. The van der Waals surface area contributed by atoms with Gasteiger partial charge in [0, 0.05) is 28.9 Å². The molecular formula is C26H22N6O. The summed E-state index contributed by atoms with van der Waals surface area (Å²) in [6, 6.07) is 14.6. The van der Waals surface area contributed by atoms with Crippen LogP contribution >= 0.6 is 0 Å². The van der Waals surface area contributed by atoms with E-state index in [9.17, 15) is 4.79 Å². The molecule has 0 saturated carbocycles. The number of H-pyrrole nitrogens is 3. The molecule has 0 bridgehead atoms. The zero-order valence-corrected chi connectivity index (χ0v) is 17.9. The molecule has 6 rings (SSSR count). The molecule has 3 aromatic heterocycles. The van der Waals surface area contributed by atoms with Crippen LogP contribution in [0.4, 0.5) is 0 Å². The summed E-state index contributed by atoms with van der Waals surface area (Å²) in [5, 5.41) is 18.7. The molecule has 7 nitrogen and oxygen atoms in total. The van der Waals surface area contributed by atoms with E-state index >= 15 is 0 Å². The normalized spacial score (nSPS) is 11.7. The molecule has 0 aliphatic rings. The van der Waals surface area contributed by atoms with Crippen LogP contribution in [0.15, 0.2) is 72.0 Å². The van der Waals surface area contributed by atoms with E-state index in [1.165, 1.54) is 5.56 Å². The van der Waals surface area contributed by atoms with Gasteiger partial charge in [-0.25, -0.2) is 0 Å². The molecule has 0 saturated heterocycles. The number of fused-ring (bicyclic) bond motifs is 4. The Kier molecular flexibility index (Phi) is 4.55. The van der Waals surface area contributed by atoms with Gasteiger partial charge in [0.05, 0.1) is 23.3 Å². The third-order valence-electron chi connectivity index (χ3n) is 6.32.